The van der Waals surface area contributed by atoms with Crippen molar-refractivity contribution in [1.29, 1.82) is 0 Å². The maximum atomic E-state index is 10.9. The summed E-state index contributed by atoms with van der Waals surface area (Å²) in [6.07, 6.45) is -2.14. The Morgan fingerprint density at radius 3 is 2.60 bits per heavy atom. The van der Waals surface area contributed by atoms with Gasteiger partial charge in [-0.25, -0.2) is 0 Å². The molecule has 0 radical (unpaired) electrons. The van der Waals surface area contributed by atoms with E-state index in [1.807, 2.05) is 0 Å². The Bertz CT molecular complexity index is 252. The quantitative estimate of drug-likeness (QED) is 0.672. The second kappa shape index (κ2) is 4.91. The number of ether oxygens (including phenoxy) is 2. The van der Waals surface area contributed by atoms with Crippen LogP contribution in [0.5, 0.6) is 0 Å². The summed E-state index contributed by atoms with van der Waals surface area (Å²) < 4.78 is 26.0. The van der Waals surface area contributed by atoms with Crippen LogP contribution in [0.2, 0.25) is 0 Å². The van der Waals surface area contributed by atoms with E-state index in [0.717, 1.165) is 6.66 Å². The van der Waals surface area contributed by atoms with Crippen LogP contribution in [0.25, 0.3) is 0 Å². The SMILES string of the molecule is CO[C@H]1[C@@H](O)[C@H](C)O[C@@H]1COP(C)(=O)O. The minimum Gasteiger partial charge on any atom is -0.388 e. The molecule has 0 spiro atoms. The molecular weight excluding hydrogens is 223 g/mol. The zero-order chi connectivity index (χ0) is 11.6. The third kappa shape index (κ3) is 3.52. The summed E-state index contributed by atoms with van der Waals surface area (Å²) in [4.78, 5) is 8.94. The van der Waals surface area contributed by atoms with E-state index >= 15 is 0 Å². The van der Waals surface area contributed by atoms with Gasteiger partial charge in [0.25, 0.3) is 0 Å². The molecule has 5 atom stereocenters. The molecule has 1 fully saturated rings. The van der Waals surface area contributed by atoms with Crippen LogP contribution in [0.3, 0.4) is 0 Å². The minimum atomic E-state index is -3.51. The lowest BCUT2D eigenvalue weighted by molar-refractivity contribution is -0.0306. The van der Waals surface area contributed by atoms with E-state index in [-0.39, 0.29) is 12.7 Å². The van der Waals surface area contributed by atoms with E-state index in [4.69, 9.17) is 18.9 Å². The second-order valence-electron chi connectivity index (χ2n) is 3.67. The van der Waals surface area contributed by atoms with Crippen LogP contribution in [-0.4, -0.2) is 54.8 Å². The molecule has 1 aliphatic rings. The summed E-state index contributed by atoms with van der Waals surface area (Å²) in [7, 11) is -2.06. The van der Waals surface area contributed by atoms with E-state index in [0.29, 0.717) is 0 Å². The third-order valence-electron chi connectivity index (χ3n) is 2.32. The average molecular weight is 240 g/mol. The number of hydrogen-bond donors (Lipinski definition) is 2. The Morgan fingerprint density at radius 1 is 1.53 bits per heavy atom. The molecule has 2 N–H and O–H groups in total. The smallest absolute Gasteiger partial charge is 0.325 e. The fourth-order valence-corrected chi connectivity index (χ4v) is 1.98. The summed E-state index contributed by atoms with van der Waals surface area (Å²) in [6, 6.07) is 0. The first-order valence-electron chi connectivity index (χ1n) is 4.66. The molecule has 6 nitrogen and oxygen atoms in total. The van der Waals surface area contributed by atoms with Crippen molar-refractivity contribution in [3.05, 3.63) is 0 Å². The van der Waals surface area contributed by atoms with E-state index in [2.05, 4.69) is 0 Å². The molecule has 0 aromatic carbocycles. The van der Waals surface area contributed by atoms with Gasteiger partial charge in [0.2, 0.25) is 0 Å². The first-order valence-corrected chi connectivity index (χ1v) is 6.68. The molecule has 90 valence electrons. The van der Waals surface area contributed by atoms with Gasteiger partial charge >= 0.3 is 7.60 Å². The largest absolute Gasteiger partial charge is 0.388 e. The van der Waals surface area contributed by atoms with Gasteiger partial charge in [0.1, 0.15) is 18.3 Å². The molecule has 0 bridgehead atoms. The lowest BCUT2D eigenvalue weighted by atomic mass is 10.1. The van der Waals surface area contributed by atoms with Crippen LogP contribution >= 0.6 is 7.60 Å². The van der Waals surface area contributed by atoms with Gasteiger partial charge < -0.3 is 24.0 Å². The highest BCUT2D eigenvalue weighted by molar-refractivity contribution is 7.51. The summed E-state index contributed by atoms with van der Waals surface area (Å²) in [6.45, 7) is 2.75. The Morgan fingerprint density at radius 2 is 2.13 bits per heavy atom. The first-order chi connectivity index (χ1) is 6.85. The highest BCUT2D eigenvalue weighted by Gasteiger charge is 2.42. The van der Waals surface area contributed by atoms with Crippen LogP contribution in [0.15, 0.2) is 0 Å². The minimum absolute atomic E-state index is 0.0653. The van der Waals surface area contributed by atoms with E-state index in [1.54, 1.807) is 6.92 Å². The molecule has 1 heterocycles. The molecule has 0 amide bonds. The van der Waals surface area contributed by atoms with Crippen LogP contribution in [0.1, 0.15) is 6.92 Å². The van der Waals surface area contributed by atoms with Crippen LogP contribution in [0.4, 0.5) is 0 Å². The maximum Gasteiger partial charge on any atom is 0.325 e. The molecule has 1 aliphatic heterocycles. The van der Waals surface area contributed by atoms with Gasteiger partial charge in [-0.15, -0.1) is 0 Å². The molecular formula is C8H17O6P. The third-order valence-corrected chi connectivity index (χ3v) is 2.95. The fraction of sp³-hybridized carbons (Fsp3) is 1.00. The standard InChI is InChI=1S/C8H17O6P/c1-5-7(9)8(12-2)6(14-5)4-13-15(3,10)11/h5-9H,4H2,1-3H3,(H,10,11)/t5-,6+,7-,8+/m0/s1. The Hall–Kier alpha value is 0.0300. The summed E-state index contributed by atoms with van der Waals surface area (Å²) in [5.41, 5.74) is 0. The van der Waals surface area contributed by atoms with Gasteiger partial charge in [-0.3, -0.25) is 4.57 Å². The summed E-state index contributed by atoms with van der Waals surface area (Å²) in [5.74, 6) is 0. The molecule has 1 saturated heterocycles. The normalized spacial score (nSPS) is 40.3. The van der Waals surface area contributed by atoms with Crippen molar-refractivity contribution >= 4 is 7.60 Å². The number of hydrogen-bond acceptors (Lipinski definition) is 5. The first kappa shape index (κ1) is 13.1. The van der Waals surface area contributed by atoms with Crippen LogP contribution in [0, 0.1) is 0 Å². The van der Waals surface area contributed by atoms with Gasteiger partial charge in [-0.1, -0.05) is 0 Å². The van der Waals surface area contributed by atoms with Gasteiger partial charge in [0.05, 0.1) is 12.7 Å². The highest BCUT2D eigenvalue weighted by Crippen LogP contribution is 2.38. The molecule has 1 rings (SSSR count). The molecule has 15 heavy (non-hydrogen) atoms. The molecule has 0 aromatic heterocycles. The monoisotopic (exact) mass is 240 g/mol. The van der Waals surface area contributed by atoms with Crippen molar-refractivity contribution in [3.8, 4) is 0 Å². The topological polar surface area (TPSA) is 85.2 Å². The van der Waals surface area contributed by atoms with Crippen molar-refractivity contribution in [3.63, 3.8) is 0 Å². The fourth-order valence-electron chi connectivity index (χ4n) is 1.56. The van der Waals surface area contributed by atoms with Crippen molar-refractivity contribution in [2.24, 2.45) is 0 Å². The lowest BCUT2D eigenvalue weighted by Crippen LogP contribution is -2.35. The van der Waals surface area contributed by atoms with Crippen molar-refractivity contribution in [2.75, 3.05) is 20.4 Å². The molecule has 0 saturated carbocycles. The average Bonchev–Trinajstić information content (AvgIpc) is 2.38. The molecule has 0 aliphatic carbocycles. The molecule has 1 unspecified atom stereocenters. The zero-order valence-corrected chi connectivity index (χ0v) is 9.89. The predicted molar refractivity (Wildman–Crippen MR) is 52.8 cm³/mol. The Kier molecular flexibility index (Phi) is 4.29. The van der Waals surface area contributed by atoms with Gasteiger partial charge in [0, 0.05) is 13.8 Å². The second-order valence-corrected chi connectivity index (χ2v) is 5.53. The van der Waals surface area contributed by atoms with Crippen molar-refractivity contribution in [2.45, 2.75) is 31.3 Å². The zero-order valence-electron chi connectivity index (χ0n) is 8.99. The summed E-state index contributed by atoms with van der Waals surface area (Å²) in [5, 5.41) is 9.62. The van der Waals surface area contributed by atoms with Crippen molar-refractivity contribution in [1.82, 2.24) is 0 Å². The van der Waals surface area contributed by atoms with E-state index in [9.17, 15) is 9.67 Å². The molecule has 0 aromatic rings. The van der Waals surface area contributed by atoms with Gasteiger partial charge in [0.15, 0.2) is 0 Å². The highest BCUT2D eigenvalue weighted by atomic mass is 31.2. The number of aliphatic hydroxyl groups is 1. The Labute approximate surface area is 88.7 Å². The number of methoxy groups -OCH3 is 1. The Balaban J connectivity index is 2.52. The number of aliphatic hydroxyl groups excluding tert-OH is 1. The maximum absolute atomic E-state index is 10.9. The van der Waals surface area contributed by atoms with Gasteiger partial charge in [-0.2, -0.15) is 0 Å². The van der Waals surface area contributed by atoms with Gasteiger partial charge in [-0.05, 0) is 6.92 Å². The number of rotatable bonds is 4. The lowest BCUT2D eigenvalue weighted by Gasteiger charge is -2.19. The predicted octanol–water partition coefficient (Wildman–Crippen LogP) is -0.0186. The summed E-state index contributed by atoms with van der Waals surface area (Å²) >= 11 is 0. The van der Waals surface area contributed by atoms with Crippen molar-refractivity contribution < 1.29 is 28.6 Å². The van der Waals surface area contributed by atoms with E-state index in [1.165, 1.54) is 7.11 Å². The molecule has 7 heteroatoms. The van der Waals surface area contributed by atoms with E-state index < -0.39 is 25.9 Å². The van der Waals surface area contributed by atoms with Crippen LogP contribution < -0.4 is 0 Å². The van der Waals surface area contributed by atoms with Crippen LogP contribution in [-0.2, 0) is 18.6 Å².